The minimum Gasteiger partial charge on any atom is -0.348 e. The van der Waals surface area contributed by atoms with Crippen molar-refractivity contribution in [1.29, 1.82) is 0 Å². The summed E-state index contributed by atoms with van der Waals surface area (Å²) in [6.45, 7) is 6.51. The van der Waals surface area contributed by atoms with E-state index in [0.29, 0.717) is 13.2 Å². The second kappa shape index (κ2) is 5.49. The molecule has 0 atom stereocenters. The van der Waals surface area contributed by atoms with Gasteiger partial charge in [0, 0.05) is 13.2 Å². The van der Waals surface area contributed by atoms with E-state index >= 15 is 0 Å². The first-order valence-electron chi connectivity index (χ1n) is 3.72. The van der Waals surface area contributed by atoms with Gasteiger partial charge in [-0.15, -0.1) is 0 Å². The molecule has 0 fully saturated rings. The summed E-state index contributed by atoms with van der Waals surface area (Å²) < 4.78 is 10.4. The van der Waals surface area contributed by atoms with Crippen molar-refractivity contribution >= 4 is 0 Å². The third-order valence-corrected chi connectivity index (χ3v) is 1.23. The standard InChI is InChI=1S/C7H16O4/c1-4-9-7(3,6-11-8)10-5-2/h8H,4-6H2,1-3H3. The molecule has 4 nitrogen and oxygen atoms in total. The highest BCUT2D eigenvalue weighted by Crippen LogP contribution is 2.11. The Kier molecular flexibility index (Phi) is 5.41. The number of hydrogen-bond acceptors (Lipinski definition) is 4. The van der Waals surface area contributed by atoms with Crippen molar-refractivity contribution < 1.29 is 19.6 Å². The fourth-order valence-corrected chi connectivity index (χ4v) is 0.853. The molecule has 0 spiro atoms. The summed E-state index contributed by atoms with van der Waals surface area (Å²) in [7, 11) is 0. The molecule has 0 aromatic heterocycles. The smallest absolute Gasteiger partial charge is 0.192 e. The highest BCUT2D eigenvalue weighted by atomic mass is 17.1. The lowest BCUT2D eigenvalue weighted by Crippen LogP contribution is -2.37. The minimum absolute atomic E-state index is 0.0225. The quantitative estimate of drug-likeness (QED) is 0.365. The van der Waals surface area contributed by atoms with E-state index in [1.807, 2.05) is 13.8 Å². The van der Waals surface area contributed by atoms with Crippen LogP contribution in [-0.4, -0.2) is 30.9 Å². The van der Waals surface area contributed by atoms with Gasteiger partial charge < -0.3 is 9.47 Å². The van der Waals surface area contributed by atoms with Crippen LogP contribution in [0.2, 0.25) is 0 Å². The molecule has 0 heterocycles. The molecule has 4 heteroatoms. The summed E-state index contributed by atoms with van der Waals surface area (Å²) in [6.07, 6.45) is 0. The van der Waals surface area contributed by atoms with E-state index < -0.39 is 5.79 Å². The Labute approximate surface area is 67.0 Å². The van der Waals surface area contributed by atoms with Gasteiger partial charge in [0.15, 0.2) is 5.79 Å². The van der Waals surface area contributed by atoms with Crippen LogP contribution in [0, 0.1) is 0 Å². The number of rotatable bonds is 6. The van der Waals surface area contributed by atoms with Crippen molar-refractivity contribution in [3.8, 4) is 0 Å². The van der Waals surface area contributed by atoms with E-state index in [1.165, 1.54) is 0 Å². The molecule has 0 unspecified atom stereocenters. The van der Waals surface area contributed by atoms with Crippen LogP contribution in [0.15, 0.2) is 0 Å². The summed E-state index contributed by atoms with van der Waals surface area (Å²) in [5.74, 6) is -0.821. The van der Waals surface area contributed by atoms with E-state index in [1.54, 1.807) is 6.92 Å². The molecule has 1 N–H and O–H groups in total. The van der Waals surface area contributed by atoms with Crippen molar-refractivity contribution in [3.05, 3.63) is 0 Å². The number of hydrogen-bond donors (Lipinski definition) is 1. The third-order valence-electron chi connectivity index (χ3n) is 1.23. The molecule has 0 aromatic carbocycles. The zero-order valence-electron chi connectivity index (χ0n) is 7.29. The Balaban J connectivity index is 3.79. The zero-order chi connectivity index (χ0) is 8.74. The molecule has 0 bridgehead atoms. The lowest BCUT2D eigenvalue weighted by atomic mass is 10.3. The van der Waals surface area contributed by atoms with Crippen LogP contribution in [0.3, 0.4) is 0 Å². The summed E-state index contributed by atoms with van der Waals surface area (Å²) in [6, 6.07) is 0. The third kappa shape index (κ3) is 4.31. The van der Waals surface area contributed by atoms with Crippen molar-refractivity contribution in [3.63, 3.8) is 0 Å². The average molecular weight is 164 g/mol. The molecule has 0 saturated carbocycles. The highest BCUT2D eigenvalue weighted by Gasteiger charge is 2.25. The Morgan fingerprint density at radius 3 is 1.91 bits per heavy atom. The molecular weight excluding hydrogens is 148 g/mol. The lowest BCUT2D eigenvalue weighted by molar-refractivity contribution is -0.328. The van der Waals surface area contributed by atoms with Gasteiger partial charge in [-0.3, -0.25) is 5.26 Å². The van der Waals surface area contributed by atoms with E-state index in [-0.39, 0.29) is 6.61 Å². The maximum Gasteiger partial charge on any atom is 0.192 e. The summed E-state index contributed by atoms with van der Waals surface area (Å²) in [5, 5.41) is 8.20. The molecule has 0 aliphatic rings. The molecule has 68 valence electrons. The van der Waals surface area contributed by atoms with Gasteiger partial charge in [-0.1, -0.05) is 0 Å². The lowest BCUT2D eigenvalue weighted by Gasteiger charge is -2.27. The van der Waals surface area contributed by atoms with Crippen LogP contribution in [0.1, 0.15) is 20.8 Å². The second-order valence-electron chi connectivity index (χ2n) is 2.27. The van der Waals surface area contributed by atoms with Crippen molar-refractivity contribution in [2.24, 2.45) is 0 Å². The van der Waals surface area contributed by atoms with Crippen LogP contribution in [0.4, 0.5) is 0 Å². The maximum atomic E-state index is 8.20. The van der Waals surface area contributed by atoms with Gasteiger partial charge >= 0.3 is 0 Å². The van der Waals surface area contributed by atoms with Crippen LogP contribution in [0.5, 0.6) is 0 Å². The van der Waals surface area contributed by atoms with Gasteiger partial charge in [0.2, 0.25) is 0 Å². The molecule has 0 amide bonds. The summed E-state index contributed by atoms with van der Waals surface area (Å²) in [5.41, 5.74) is 0. The fourth-order valence-electron chi connectivity index (χ4n) is 0.853. The predicted molar refractivity (Wildman–Crippen MR) is 40.2 cm³/mol. The van der Waals surface area contributed by atoms with Crippen molar-refractivity contribution in [1.82, 2.24) is 0 Å². The van der Waals surface area contributed by atoms with Gasteiger partial charge in [0.1, 0.15) is 6.61 Å². The first kappa shape index (κ1) is 10.8. The predicted octanol–water partition coefficient (Wildman–Crippen LogP) is 1.27. The van der Waals surface area contributed by atoms with Gasteiger partial charge in [-0.25, -0.2) is 4.89 Å². The highest BCUT2D eigenvalue weighted by molar-refractivity contribution is 4.59. The van der Waals surface area contributed by atoms with Gasteiger partial charge in [-0.2, -0.15) is 0 Å². The van der Waals surface area contributed by atoms with Gasteiger partial charge in [-0.05, 0) is 20.8 Å². The number of ether oxygens (including phenoxy) is 2. The van der Waals surface area contributed by atoms with Gasteiger partial charge in [0.25, 0.3) is 0 Å². The molecule has 0 saturated heterocycles. The zero-order valence-corrected chi connectivity index (χ0v) is 7.29. The first-order valence-corrected chi connectivity index (χ1v) is 3.72. The van der Waals surface area contributed by atoms with Crippen LogP contribution < -0.4 is 0 Å². The van der Waals surface area contributed by atoms with E-state index in [0.717, 1.165) is 0 Å². The fraction of sp³-hybridized carbons (Fsp3) is 1.00. The Morgan fingerprint density at radius 2 is 1.64 bits per heavy atom. The SMILES string of the molecule is CCOC(C)(COO)OCC. The molecule has 0 aromatic rings. The van der Waals surface area contributed by atoms with E-state index in [4.69, 9.17) is 14.7 Å². The maximum absolute atomic E-state index is 8.20. The normalized spacial score (nSPS) is 12.0. The average Bonchev–Trinajstić information content (AvgIpc) is 1.88. The Morgan fingerprint density at radius 1 is 1.18 bits per heavy atom. The molecule has 0 radical (unpaired) electrons. The van der Waals surface area contributed by atoms with Crippen molar-refractivity contribution in [2.75, 3.05) is 19.8 Å². The van der Waals surface area contributed by atoms with E-state index in [2.05, 4.69) is 4.89 Å². The van der Waals surface area contributed by atoms with Gasteiger partial charge in [0.05, 0.1) is 0 Å². The van der Waals surface area contributed by atoms with E-state index in [9.17, 15) is 0 Å². The van der Waals surface area contributed by atoms with Crippen LogP contribution >= 0.6 is 0 Å². The first-order chi connectivity index (χ1) is 5.18. The Hall–Kier alpha value is -0.160. The molecular formula is C7H16O4. The summed E-state index contributed by atoms with van der Waals surface area (Å²) >= 11 is 0. The molecule has 11 heavy (non-hydrogen) atoms. The summed E-state index contributed by atoms with van der Waals surface area (Å²) in [4.78, 5) is 3.96. The topological polar surface area (TPSA) is 47.9 Å². The Bertz CT molecular complexity index is 77.4. The van der Waals surface area contributed by atoms with Crippen molar-refractivity contribution in [2.45, 2.75) is 26.6 Å². The second-order valence-corrected chi connectivity index (χ2v) is 2.27. The molecule has 0 rings (SSSR count). The largest absolute Gasteiger partial charge is 0.348 e. The molecule has 0 aliphatic carbocycles. The monoisotopic (exact) mass is 164 g/mol. The molecule has 0 aliphatic heterocycles. The van der Waals surface area contributed by atoms with Crippen LogP contribution in [-0.2, 0) is 14.4 Å². The minimum atomic E-state index is -0.821. The van der Waals surface area contributed by atoms with Crippen LogP contribution in [0.25, 0.3) is 0 Å².